The van der Waals surface area contributed by atoms with Gasteiger partial charge in [-0.1, -0.05) is 29.8 Å². The van der Waals surface area contributed by atoms with Gasteiger partial charge in [0.15, 0.2) is 5.82 Å². The lowest BCUT2D eigenvalue weighted by atomic mass is 9.94. The van der Waals surface area contributed by atoms with Crippen molar-refractivity contribution in [3.63, 3.8) is 0 Å². The van der Waals surface area contributed by atoms with Crippen molar-refractivity contribution in [2.75, 3.05) is 18.5 Å². The lowest BCUT2D eigenvalue weighted by molar-refractivity contribution is -0.440. The molecule has 0 spiro atoms. The predicted molar refractivity (Wildman–Crippen MR) is 118 cm³/mol. The zero-order valence-corrected chi connectivity index (χ0v) is 18.1. The Balaban J connectivity index is 1.50. The quantitative estimate of drug-likeness (QED) is 0.430. The van der Waals surface area contributed by atoms with Crippen LogP contribution in [0.2, 0.25) is 5.15 Å². The number of benzene rings is 1. The van der Waals surface area contributed by atoms with E-state index in [2.05, 4.69) is 31.3 Å². The van der Waals surface area contributed by atoms with Crippen LogP contribution < -0.4 is 5.43 Å². The molecule has 2 unspecified atom stereocenters. The molecule has 4 heterocycles. The third kappa shape index (κ3) is 3.70. The summed E-state index contributed by atoms with van der Waals surface area (Å²) < 4.78 is 0. The van der Waals surface area contributed by atoms with Gasteiger partial charge in [0.05, 0.1) is 4.92 Å². The molecule has 3 aliphatic heterocycles. The van der Waals surface area contributed by atoms with E-state index in [0.717, 1.165) is 55.0 Å². The van der Waals surface area contributed by atoms with Crippen molar-refractivity contribution in [3.8, 4) is 0 Å². The Morgan fingerprint density at radius 2 is 2.13 bits per heavy atom. The number of rotatable bonds is 5. The number of aromatic nitrogens is 1. The van der Waals surface area contributed by atoms with Crippen molar-refractivity contribution >= 4 is 17.3 Å². The second-order valence-corrected chi connectivity index (χ2v) is 8.77. The standard InChI is InChI=1S/C22H25ClN6O2/c1-15-4-2-5-17(12-15)25-28-18-6-3-7-20(28)27-11-10-26(22(27)21(18)29(30)31)14-16-8-9-19(23)24-13-16/h2,4-5,8-9,12-13,18,20,25H,3,6-7,10-11,14H2,1H3. The molecule has 9 heteroatoms. The first kappa shape index (κ1) is 20.1. The Bertz CT molecular complexity index is 1030. The minimum Gasteiger partial charge on any atom is -0.347 e. The first-order chi connectivity index (χ1) is 15.0. The second-order valence-electron chi connectivity index (χ2n) is 8.39. The van der Waals surface area contributed by atoms with E-state index in [0.29, 0.717) is 11.7 Å². The van der Waals surface area contributed by atoms with Crippen LogP contribution in [0.1, 0.15) is 30.4 Å². The fraction of sp³-hybridized carbons (Fsp3) is 0.409. The van der Waals surface area contributed by atoms with Crippen molar-refractivity contribution in [1.29, 1.82) is 0 Å². The zero-order chi connectivity index (χ0) is 21.5. The van der Waals surface area contributed by atoms with Gasteiger partial charge < -0.3 is 15.2 Å². The Morgan fingerprint density at radius 1 is 1.26 bits per heavy atom. The third-order valence-corrected chi connectivity index (χ3v) is 6.54. The van der Waals surface area contributed by atoms with Crippen LogP contribution in [0, 0.1) is 17.0 Å². The smallest absolute Gasteiger partial charge is 0.305 e. The summed E-state index contributed by atoms with van der Waals surface area (Å²) >= 11 is 5.92. The number of piperidine rings is 1. The molecule has 162 valence electrons. The van der Waals surface area contributed by atoms with Crippen LogP contribution in [0.15, 0.2) is 54.1 Å². The average Bonchev–Trinajstić information content (AvgIpc) is 3.13. The van der Waals surface area contributed by atoms with E-state index < -0.39 is 0 Å². The number of halogens is 1. The van der Waals surface area contributed by atoms with Crippen molar-refractivity contribution in [1.82, 2.24) is 19.8 Å². The third-order valence-electron chi connectivity index (χ3n) is 6.32. The minimum atomic E-state index is -0.274. The van der Waals surface area contributed by atoms with Crippen molar-refractivity contribution in [2.24, 2.45) is 0 Å². The molecule has 0 saturated carbocycles. The Labute approximate surface area is 186 Å². The summed E-state index contributed by atoms with van der Waals surface area (Å²) in [5.41, 5.74) is 6.90. The zero-order valence-electron chi connectivity index (χ0n) is 17.4. The highest BCUT2D eigenvalue weighted by Crippen LogP contribution is 2.41. The summed E-state index contributed by atoms with van der Waals surface area (Å²) in [5, 5.41) is 14.9. The molecule has 8 nitrogen and oxygen atoms in total. The normalized spacial score (nSPS) is 23.2. The number of aryl methyl sites for hydroxylation is 1. The number of nitrogens with zero attached hydrogens (tertiary/aromatic N) is 5. The molecule has 1 aromatic heterocycles. The van der Waals surface area contributed by atoms with E-state index in [-0.39, 0.29) is 22.8 Å². The largest absolute Gasteiger partial charge is 0.347 e. The maximum atomic E-state index is 12.3. The van der Waals surface area contributed by atoms with E-state index in [4.69, 9.17) is 11.6 Å². The summed E-state index contributed by atoms with van der Waals surface area (Å²) in [6.07, 6.45) is 4.54. The van der Waals surface area contributed by atoms with Crippen LogP contribution in [0.25, 0.3) is 0 Å². The topological polar surface area (TPSA) is 77.8 Å². The summed E-state index contributed by atoms with van der Waals surface area (Å²) in [7, 11) is 0. The van der Waals surface area contributed by atoms with Crippen LogP contribution in [0.5, 0.6) is 0 Å². The molecule has 1 N–H and O–H groups in total. The first-order valence-electron chi connectivity index (χ1n) is 10.6. The SMILES string of the molecule is Cc1cccc(NN2C3CCCC2N2CCN(Cc4ccc(Cl)nc4)C2=C3[N+](=O)[O-])c1. The Morgan fingerprint density at radius 3 is 2.87 bits per heavy atom. The van der Waals surface area contributed by atoms with Crippen LogP contribution in [-0.2, 0) is 6.54 Å². The van der Waals surface area contributed by atoms with Crippen molar-refractivity contribution in [2.45, 2.75) is 44.9 Å². The Kier molecular flexibility index (Phi) is 5.19. The van der Waals surface area contributed by atoms with E-state index in [9.17, 15) is 10.1 Å². The number of hydrogen-bond acceptors (Lipinski definition) is 7. The average molecular weight is 441 g/mol. The van der Waals surface area contributed by atoms with Crippen LogP contribution in [0.4, 0.5) is 5.69 Å². The van der Waals surface area contributed by atoms with Crippen LogP contribution >= 0.6 is 11.6 Å². The number of nitro groups is 1. The summed E-state index contributed by atoms with van der Waals surface area (Å²) in [4.78, 5) is 20.6. The van der Waals surface area contributed by atoms with Crippen molar-refractivity contribution < 1.29 is 4.92 Å². The summed E-state index contributed by atoms with van der Waals surface area (Å²) in [6, 6.07) is 11.6. The lowest BCUT2D eigenvalue weighted by Gasteiger charge is -2.49. The molecule has 3 aliphatic rings. The maximum absolute atomic E-state index is 12.3. The number of fused-ring (bicyclic) bond motifs is 4. The Hall–Kier alpha value is -2.84. The molecule has 0 radical (unpaired) electrons. The second kappa shape index (κ2) is 8.01. The van der Waals surface area contributed by atoms with E-state index in [1.165, 1.54) is 0 Å². The molecule has 5 rings (SSSR count). The molecule has 1 aromatic carbocycles. The van der Waals surface area contributed by atoms with Gasteiger partial charge in [0.25, 0.3) is 0 Å². The first-order valence-corrected chi connectivity index (χ1v) is 11.0. The van der Waals surface area contributed by atoms with Gasteiger partial charge >= 0.3 is 5.70 Å². The number of hydrogen-bond donors (Lipinski definition) is 1. The van der Waals surface area contributed by atoms with E-state index in [1.807, 2.05) is 31.2 Å². The highest BCUT2D eigenvalue weighted by Gasteiger charge is 2.52. The van der Waals surface area contributed by atoms with Gasteiger partial charge in [-0.3, -0.25) is 10.1 Å². The van der Waals surface area contributed by atoms with Gasteiger partial charge in [0.1, 0.15) is 17.4 Å². The van der Waals surface area contributed by atoms with Gasteiger partial charge in [-0.15, -0.1) is 0 Å². The van der Waals surface area contributed by atoms with Crippen LogP contribution in [-0.4, -0.2) is 50.0 Å². The fourth-order valence-electron chi connectivity index (χ4n) is 5.02. The fourth-order valence-corrected chi connectivity index (χ4v) is 5.13. The van der Waals surface area contributed by atoms with Gasteiger partial charge in [-0.05, 0) is 55.5 Å². The number of pyridine rings is 1. The highest BCUT2D eigenvalue weighted by atomic mass is 35.5. The molecular formula is C22H25ClN6O2. The molecule has 31 heavy (non-hydrogen) atoms. The van der Waals surface area contributed by atoms with E-state index in [1.54, 1.807) is 12.3 Å². The van der Waals surface area contributed by atoms with Crippen LogP contribution in [0.3, 0.4) is 0 Å². The predicted octanol–water partition coefficient (Wildman–Crippen LogP) is 3.83. The van der Waals surface area contributed by atoms with Crippen molar-refractivity contribution in [3.05, 3.63) is 80.5 Å². The van der Waals surface area contributed by atoms with Gasteiger partial charge in [0, 0.05) is 31.5 Å². The maximum Gasteiger partial charge on any atom is 0.305 e. The van der Waals surface area contributed by atoms with E-state index >= 15 is 0 Å². The van der Waals surface area contributed by atoms with Gasteiger partial charge in [-0.25, -0.2) is 4.98 Å². The molecular weight excluding hydrogens is 416 g/mol. The lowest BCUT2D eigenvalue weighted by Crippen LogP contribution is -2.61. The number of hydrazine groups is 1. The van der Waals surface area contributed by atoms with Gasteiger partial charge in [0.2, 0.25) is 0 Å². The monoisotopic (exact) mass is 440 g/mol. The molecule has 0 aliphatic carbocycles. The van der Waals surface area contributed by atoms with Gasteiger partial charge in [-0.2, -0.15) is 5.01 Å². The molecule has 0 amide bonds. The number of nitrogens with one attached hydrogen (secondary N) is 1. The summed E-state index contributed by atoms with van der Waals surface area (Å²) in [6.45, 7) is 4.14. The molecule has 2 bridgehead atoms. The minimum absolute atomic E-state index is 0.0892. The highest BCUT2D eigenvalue weighted by molar-refractivity contribution is 6.29. The summed E-state index contributed by atoms with van der Waals surface area (Å²) in [5.74, 6) is 0.761. The molecule has 2 atom stereocenters. The number of anilines is 1. The molecule has 2 saturated heterocycles. The molecule has 2 aromatic rings. The molecule has 2 fully saturated rings.